The van der Waals surface area contributed by atoms with Gasteiger partial charge in [-0.05, 0) is 13.8 Å². The predicted octanol–water partition coefficient (Wildman–Crippen LogP) is 2.50. The molecule has 0 unspecified atom stereocenters. The third-order valence-electron chi connectivity index (χ3n) is 1.01. The van der Waals surface area contributed by atoms with Gasteiger partial charge in [0.05, 0.1) is 0 Å². The van der Waals surface area contributed by atoms with Crippen molar-refractivity contribution in [3.05, 3.63) is 0 Å². The number of nitrogens with zero attached hydrogens (tertiary/aromatic N) is 1. The average Bonchev–Trinajstić information content (AvgIpc) is 1.97. The van der Waals surface area contributed by atoms with Crippen molar-refractivity contribution in [1.29, 1.82) is 5.41 Å². The van der Waals surface area contributed by atoms with E-state index in [0.29, 0.717) is 0 Å². The molecule has 0 fully saturated rings. The molecule has 0 rings (SSSR count). The third-order valence-corrected chi connectivity index (χ3v) is 3.47. The van der Waals surface area contributed by atoms with Crippen molar-refractivity contribution in [3.8, 4) is 0 Å². The highest BCUT2D eigenvalue weighted by Crippen LogP contribution is 2.20. The molecule has 11 heavy (non-hydrogen) atoms. The van der Waals surface area contributed by atoms with E-state index in [1.807, 2.05) is 20.9 Å². The fourth-order valence-corrected chi connectivity index (χ4v) is 2.51. The molecule has 0 aromatic carbocycles. The summed E-state index contributed by atoms with van der Waals surface area (Å²) in [6, 6.07) is 0. The Bertz CT molecular complexity index is 155. The van der Waals surface area contributed by atoms with Gasteiger partial charge in [-0.25, -0.2) is 0 Å². The topological polar surface area (TPSA) is 36.2 Å². The van der Waals surface area contributed by atoms with Gasteiger partial charge in [0.15, 0.2) is 0 Å². The molecule has 0 heterocycles. The molecular weight excluding hydrogens is 176 g/mol. The first-order valence-corrected chi connectivity index (χ1v) is 5.86. The van der Waals surface area contributed by atoms with Gasteiger partial charge in [0, 0.05) is 30.0 Å². The van der Waals surface area contributed by atoms with Crippen LogP contribution in [0.4, 0.5) is 0 Å². The normalized spacial score (nSPS) is 11.7. The summed E-state index contributed by atoms with van der Waals surface area (Å²) in [5.41, 5.74) is 1.89. The zero-order valence-electron chi connectivity index (χ0n) is 7.18. The van der Waals surface area contributed by atoms with Crippen LogP contribution in [0.3, 0.4) is 0 Å². The number of nitrogens with one attached hydrogen (secondary N) is 1. The van der Waals surface area contributed by atoms with E-state index >= 15 is 0 Å². The van der Waals surface area contributed by atoms with E-state index in [9.17, 15) is 0 Å². The second-order valence-corrected chi connectivity index (χ2v) is 4.73. The third kappa shape index (κ3) is 7.94. The van der Waals surface area contributed by atoms with Crippen LogP contribution in [0.5, 0.6) is 0 Å². The lowest BCUT2D eigenvalue weighted by Gasteiger charge is -1.98. The molecule has 0 aliphatic rings. The van der Waals surface area contributed by atoms with Gasteiger partial charge in [-0.2, -0.15) is 0 Å². The van der Waals surface area contributed by atoms with Crippen molar-refractivity contribution in [3.63, 3.8) is 0 Å². The maximum absolute atomic E-state index is 7.16. The van der Waals surface area contributed by atoms with Crippen LogP contribution in [0.15, 0.2) is 4.99 Å². The van der Waals surface area contributed by atoms with Gasteiger partial charge in [-0.15, -0.1) is 0 Å². The van der Waals surface area contributed by atoms with Crippen LogP contribution >= 0.6 is 21.6 Å². The smallest absolute Gasteiger partial charge is 0.0415 e. The Labute approximate surface area is 76.2 Å². The summed E-state index contributed by atoms with van der Waals surface area (Å²) in [6.45, 7) is 3.85. The van der Waals surface area contributed by atoms with Crippen molar-refractivity contribution in [2.45, 2.75) is 13.8 Å². The Morgan fingerprint density at radius 2 is 1.82 bits per heavy atom. The number of rotatable bonds is 5. The molecule has 0 atom stereocenters. The molecule has 0 aliphatic heterocycles. The summed E-state index contributed by atoms with van der Waals surface area (Å²) in [7, 11) is 5.28. The lowest BCUT2D eigenvalue weighted by molar-refractivity contribution is 1.41. The van der Waals surface area contributed by atoms with Crippen molar-refractivity contribution < 1.29 is 0 Å². The van der Waals surface area contributed by atoms with Crippen LogP contribution in [0.25, 0.3) is 0 Å². The molecule has 64 valence electrons. The maximum Gasteiger partial charge on any atom is 0.0415 e. The molecule has 2 nitrogen and oxygen atoms in total. The Morgan fingerprint density at radius 1 is 1.27 bits per heavy atom. The molecule has 0 saturated heterocycles. The highest BCUT2D eigenvalue weighted by atomic mass is 33.1. The second kappa shape index (κ2) is 6.73. The monoisotopic (exact) mass is 190 g/mol. The largest absolute Gasteiger partial charge is 0.309 e. The van der Waals surface area contributed by atoms with Crippen LogP contribution in [0, 0.1) is 5.41 Å². The van der Waals surface area contributed by atoms with Crippen molar-refractivity contribution in [2.75, 3.05) is 18.6 Å². The van der Waals surface area contributed by atoms with E-state index in [1.54, 1.807) is 21.6 Å². The molecule has 0 aromatic heterocycles. The molecule has 0 aliphatic carbocycles. The molecule has 0 saturated carbocycles. The molecule has 0 aromatic rings. The number of aliphatic imine (C=N–C) groups is 1. The van der Waals surface area contributed by atoms with E-state index in [-0.39, 0.29) is 0 Å². The molecule has 0 amide bonds. The molecular formula is C7H14N2S2. The minimum absolute atomic E-state index is 0.730. The van der Waals surface area contributed by atoms with E-state index in [2.05, 4.69) is 4.99 Å². The first kappa shape index (κ1) is 11.0. The molecule has 0 spiro atoms. The van der Waals surface area contributed by atoms with E-state index < -0.39 is 0 Å². The summed E-state index contributed by atoms with van der Waals surface area (Å²) in [4.78, 5) is 4.03. The fourth-order valence-electron chi connectivity index (χ4n) is 0.322. The van der Waals surface area contributed by atoms with Crippen LogP contribution < -0.4 is 0 Å². The summed E-state index contributed by atoms with van der Waals surface area (Å²) in [5.74, 6) is 1.79. The van der Waals surface area contributed by atoms with Crippen LogP contribution in [-0.4, -0.2) is 30.0 Å². The lowest BCUT2D eigenvalue weighted by Crippen LogP contribution is -1.94. The van der Waals surface area contributed by atoms with Gasteiger partial charge in [0.2, 0.25) is 0 Å². The Kier molecular flexibility index (Phi) is 6.76. The minimum Gasteiger partial charge on any atom is -0.309 e. The highest BCUT2D eigenvalue weighted by molar-refractivity contribution is 8.77. The second-order valence-electron chi connectivity index (χ2n) is 2.26. The Balaban J connectivity index is 3.21. The summed E-state index contributed by atoms with van der Waals surface area (Å²) in [5, 5.41) is 7.16. The summed E-state index contributed by atoms with van der Waals surface area (Å²) < 4.78 is 0. The molecule has 4 heteroatoms. The van der Waals surface area contributed by atoms with Gasteiger partial charge >= 0.3 is 0 Å². The zero-order valence-corrected chi connectivity index (χ0v) is 8.81. The number of hydrogen-bond donors (Lipinski definition) is 1. The molecule has 0 radical (unpaired) electrons. The van der Waals surface area contributed by atoms with Crippen LogP contribution in [-0.2, 0) is 0 Å². The Morgan fingerprint density at radius 3 is 2.27 bits per heavy atom. The summed E-state index contributed by atoms with van der Waals surface area (Å²) >= 11 is 0. The number of hydrogen-bond acceptors (Lipinski definition) is 4. The average molecular weight is 190 g/mol. The van der Waals surface area contributed by atoms with E-state index in [1.165, 1.54) is 0 Å². The minimum atomic E-state index is 0.730. The lowest BCUT2D eigenvalue weighted by atomic mass is 10.5. The van der Waals surface area contributed by atoms with E-state index in [0.717, 1.165) is 22.9 Å². The SMILES string of the molecule is CN=C(C)CSSCC(C)=N. The first-order valence-electron chi connectivity index (χ1n) is 3.37. The van der Waals surface area contributed by atoms with Gasteiger partial charge in [0.1, 0.15) is 0 Å². The highest BCUT2D eigenvalue weighted by Gasteiger charge is 1.93. The Hall–Kier alpha value is 0.0400. The van der Waals surface area contributed by atoms with Crippen LogP contribution in [0.2, 0.25) is 0 Å². The zero-order chi connectivity index (χ0) is 8.69. The van der Waals surface area contributed by atoms with Gasteiger partial charge in [-0.1, -0.05) is 21.6 Å². The maximum atomic E-state index is 7.16. The van der Waals surface area contributed by atoms with Gasteiger partial charge in [0.25, 0.3) is 0 Å². The standard InChI is InChI=1S/C7H14N2S2/c1-6(8)4-10-11-5-7(2)9-3/h8H,4-5H2,1-3H3. The predicted molar refractivity (Wildman–Crippen MR) is 57.3 cm³/mol. The molecule has 1 N–H and O–H groups in total. The van der Waals surface area contributed by atoms with Crippen molar-refractivity contribution in [1.82, 2.24) is 0 Å². The first-order chi connectivity index (χ1) is 5.16. The quantitative estimate of drug-likeness (QED) is 0.411. The fraction of sp³-hybridized carbons (Fsp3) is 0.714. The molecule has 0 bridgehead atoms. The van der Waals surface area contributed by atoms with Gasteiger partial charge in [-0.3, -0.25) is 4.99 Å². The summed E-state index contributed by atoms with van der Waals surface area (Å²) in [6.07, 6.45) is 0. The van der Waals surface area contributed by atoms with Crippen molar-refractivity contribution in [2.24, 2.45) is 4.99 Å². The van der Waals surface area contributed by atoms with Crippen molar-refractivity contribution >= 4 is 33.0 Å². The van der Waals surface area contributed by atoms with E-state index in [4.69, 9.17) is 5.41 Å². The van der Waals surface area contributed by atoms with Gasteiger partial charge < -0.3 is 5.41 Å². The van der Waals surface area contributed by atoms with Crippen LogP contribution in [0.1, 0.15) is 13.8 Å².